The van der Waals surface area contributed by atoms with Crippen LogP contribution in [0.3, 0.4) is 0 Å². The summed E-state index contributed by atoms with van der Waals surface area (Å²) in [4.78, 5) is 12.4. The number of carbonyl (C=O) groups excluding carboxylic acids is 1. The number of methoxy groups -OCH3 is 3. The van der Waals surface area contributed by atoms with Crippen LogP contribution in [0.2, 0.25) is 0 Å². The molecule has 0 fully saturated rings. The zero-order valence-corrected chi connectivity index (χ0v) is 19.9. The van der Waals surface area contributed by atoms with Gasteiger partial charge in [0.2, 0.25) is 0 Å². The first-order valence-electron chi connectivity index (χ1n) is 10.1. The first-order chi connectivity index (χ1) is 14.5. The molecule has 6 heteroatoms. The number of hydrogen-bond acceptors (Lipinski definition) is 4. The average Bonchev–Trinajstić information content (AvgIpc) is 2.77. The van der Waals surface area contributed by atoms with Gasteiger partial charge >= 0.3 is 5.97 Å². The van der Waals surface area contributed by atoms with E-state index in [9.17, 15) is 4.79 Å². The third-order valence-corrected chi connectivity index (χ3v) is 6.29. The van der Waals surface area contributed by atoms with Crippen LogP contribution in [-0.2, 0) is 16.0 Å². The Balaban J connectivity index is 0.00000272. The van der Waals surface area contributed by atoms with Gasteiger partial charge in [-0.3, -0.25) is 0 Å². The fraction of sp³-hybridized carbons (Fsp3) is 0.320. The molecule has 0 spiro atoms. The fourth-order valence-electron chi connectivity index (χ4n) is 4.77. The van der Waals surface area contributed by atoms with Crippen LogP contribution < -0.4 is 26.5 Å². The van der Waals surface area contributed by atoms with Gasteiger partial charge < -0.3 is 35.7 Å². The zero-order chi connectivity index (χ0) is 21.3. The Morgan fingerprint density at radius 1 is 0.968 bits per heavy atom. The van der Waals surface area contributed by atoms with E-state index in [0.717, 1.165) is 18.7 Å². The molecule has 4 rings (SSSR count). The molecule has 1 aliphatic rings. The summed E-state index contributed by atoms with van der Waals surface area (Å²) in [5, 5.41) is 2.38. The van der Waals surface area contributed by atoms with Gasteiger partial charge in [-0.25, -0.2) is 4.79 Å². The highest BCUT2D eigenvalue weighted by Crippen LogP contribution is 2.45. The second kappa shape index (κ2) is 9.28. The summed E-state index contributed by atoms with van der Waals surface area (Å²) < 4.78 is 16.8. The number of esters is 1. The molecular formula is C25H28BrNO4. The Bertz CT molecular complexity index is 1090. The molecular weight excluding hydrogens is 458 g/mol. The standard InChI is InChI=1S/C25H28NO4.BrH/c1-26(16-24(27)30-4)13-12-18-14-22(28-2)23(29-3)15-21(18)25(26)20-11-7-9-17-8-5-6-10-19(17)20;/h5-11,14-15,25H,12-13,16H2,1-4H3;1H/q+1;/p-1/t25-,26+;/m1./s1. The molecule has 1 aliphatic heterocycles. The zero-order valence-electron chi connectivity index (χ0n) is 18.4. The second-order valence-electron chi connectivity index (χ2n) is 8.06. The molecule has 31 heavy (non-hydrogen) atoms. The Morgan fingerprint density at radius 3 is 2.35 bits per heavy atom. The van der Waals surface area contributed by atoms with Crippen LogP contribution in [0.5, 0.6) is 11.5 Å². The number of fused-ring (bicyclic) bond motifs is 2. The van der Waals surface area contributed by atoms with Crippen molar-refractivity contribution < 1.29 is 40.5 Å². The molecule has 5 nitrogen and oxygen atoms in total. The third kappa shape index (κ3) is 4.14. The number of likely N-dealkylation sites (N-methyl/N-ethyl adjacent to an activating group) is 1. The van der Waals surface area contributed by atoms with Crippen LogP contribution in [0.25, 0.3) is 10.8 Å². The van der Waals surface area contributed by atoms with Crippen LogP contribution in [0.1, 0.15) is 22.7 Å². The Labute approximate surface area is 193 Å². The number of nitrogens with zero attached hydrogens (tertiary/aromatic N) is 1. The largest absolute Gasteiger partial charge is 1.00 e. The smallest absolute Gasteiger partial charge is 0.361 e. The highest BCUT2D eigenvalue weighted by molar-refractivity contribution is 5.86. The maximum Gasteiger partial charge on any atom is 0.361 e. The molecule has 0 unspecified atom stereocenters. The molecule has 0 saturated carbocycles. The quantitative estimate of drug-likeness (QED) is 0.401. The van der Waals surface area contributed by atoms with Crippen LogP contribution in [0, 0.1) is 0 Å². The van der Waals surface area contributed by atoms with Crippen molar-refractivity contribution in [2.24, 2.45) is 0 Å². The van der Waals surface area contributed by atoms with Gasteiger partial charge in [0, 0.05) is 17.5 Å². The predicted molar refractivity (Wildman–Crippen MR) is 117 cm³/mol. The van der Waals surface area contributed by atoms with Crippen molar-refractivity contribution in [3.8, 4) is 11.5 Å². The molecule has 0 aromatic heterocycles. The number of quaternary nitrogens is 1. The van der Waals surface area contributed by atoms with Crippen LogP contribution >= 0.6 is 0 Å². The van der Waals surface area contributed by atoms with E-state index in [-0.39, 0.29) is 29.0 Å². The minimum atomic E-state index is -0.202. The number of halogens is 1. The Hall–Kier alpha value is -2.57. The van der Waals surface area contributed by atoms with E-state index in [1.54, 1.807) is 14.2 Å². The Morgan fingerprint density at radius 2 is 1.65 bits per heavy atom. The molecule has 164 valence electrons. The van der Waals surface area contributed by atoms with Gasteiger partial charge in [-0.1, -0.05) is 42.5 Å². The molecule has 3 aromatic rings. The lowest BCUT2D eigenvalue weighted by Gasteiger charge is -2.45. The van der Waals surface area contributed by atoms with Crippen molar-refractivity contribution in [2.45, 2.75) is 12.5 Å². The highest BCUT2D eigenvalue weighted by atomic mass is 79.9. The lowest BCUT2D eigenvalue weighted by Crippen LogP contribution is -3.00. The SMILES string of the molecule is COC(=O)C[N@+]1(C)CCc2cc(OC)c(OC)cc2[C@H]1c1cccc2ccccc12.[Br-]. The maximum absolute atomic E-state index is 12.4. The van der Waals surface area contributed by atoms with Gasteiger partial charge in [-0.2, -0.15) is 0 Å². The van der Waals surface area contributed by atoms with Gasteiger partial charge in [-0.05, 0) is 28.5 Å². The van der Waals surface area contributed by atoms with Crippen molar-refractivity contribution in [3.63, 3.8) is 0 Å². The average molecular weight is 486 g/mol. The fourth-order valence-corrected chi connectivity index (χ4v) is 4.77. The van der Waals surface area contributed by atoms with E-state index in [1.165, 1.54) is 34.6 Å². The van der Waals surface area contributed by atoms with Crippen molar-refractivity contribution in [2.75, 3.05) is 41.5 Å². The van der Waals surface area contributed by atoms with E-state index >= 15 is 0 Å². The monoisotopic (exact) mass is 485 g/mol. The number of hydrogen-bond donors (Lipinski definition) is 0. The van der Waals surface area contributed by atoms with Crippen LogP contribution in [0.4, 0.5) is 0 Å². The molecule has 0 bridgehead atoms. The molecule has 0 N–H and O–H groups in total. The molecule has 0 amide bonds. The van der Waals surface area contributed by atoms with Crippen LogP contribution in [0.15, 0.2) is 54.6 Å². The predicted octanol–water partition coefficient (Wildman–Crippen LogP) is 1.13. The number of benzene rings is 3. The molecule has 1 heterocycles. The summed E-state index contributed by atoms with van der Waals surface area (Å²) in [6.45, 7) is 1.13. The van der Waals surface area contributed by atoms with Gasteiger partial charge in [-0.15, -0.1) is 0 Å². The summed E-state index contributed by atoms with van der Waals surface area (Å²) >= 11 is 0. The molecule has 2 atom stereocenters. The van der Waals surface area contributed by atoms with Gasteiger partial charge in [0.05, 0.1) is 34.9 Å². The Kier molecular flexibility index (Phi) is 6.92. The highest BCUT2D eigenvalue weighted by Gasteiger charge is 2.43. The third-order valence-electron chi connectivity index (χ3n) is 6.29. The lowest BCUT2D eigenvalue weighted by molar-refractivity contribution is -0.928. The first-order valence-corrected chi connectivity index (χ1v) is 10.1. The van der Waals surface area contributed by atoms with Crippen molar-refractivity contribution in [1.82, 2.24) is 0 Å². The summed E-state index contributed by atoms with van der Waals surface area (Å²) in [5.74, 6) is 1.23. The number of ether oxygens (including phenoxy) is 3. The number of carbonyl (C=O) groups is 1. The molecule has 0 radical (unpaired) electrons. The minimum absolute atomic E-state index is 0. The van der Waals surface area contributed by atoms with Gasteiger partial charge in [0.15, 0.2) is 18.0 Å². The maximum atomic E-state index is 12.4. The molecule has 3 aromatic carbocycles. The van der Waals surface area contributed by atoms with Crippen molar-refractivity contribution in [3.05, 3.63) is 71.3 Å². The summed E-state index contributed by atoms with van der Waals surface area (Å²) in [6, 6.07) is 18.9. The van der Waals surface area contributed by atoms with E-state index in [4.69, 9.17) is 14.2 Å². The van der Waals surface area contributed by atoms with Crippen molar-refractivity contribution >= 4 is 16.7 Å². The summed E-state index contributed by atoms with van der Waals surface area (Å²) in [6.07, 6.45) is 0.852. The van der Waals surface area contributed by atoms with E-state index in [1.807, 2.05) is 0 Å². The van der Waals surface area contributed by atoms with Crippen molar-refractivity contribution in [1.29, 1.82) is 0 Å². The summed E-state index contributed by atoms with van der Waals surface area (Å²) in [7, 11) is 6.91. The lowest BCUT2D eigenvalue weighted by atomic mass is 9.84. The normalized spacial score (nSPS) is 19.8. The minimum Gasteiger partial charge on any atom is -1.00 e. The topological polar surface area (TPSA) is 44.8 Å². The summed E-state index contributed by atoms with van der Waals surface area (Å²) in [5.41, 5.74) is 3.60. The number of rotatable bonds is 5. The molecule has 0 saturated heterocycles. The van der Waals surface area contributed by atoms with E-state index < -0.39 is 0 Å². The molecule has 0 aliphatic carbocycles. The van der Waals surface area contributed by atoms with Gasteiger partial charge in [0.25, 0.3) is 0 Å². The second-order valence-corrected chi connectivity index (χ2v) is 8.06. The van der Waals surface area contributed by atoms with Crippen LogP contribution in [-0.4, -0.2) is 51.9 Å². The van der Waals surface area contributed by atoms with E-state index in [2.05, 4.69) is 61.6 Å². The van der Waals surface area contributed by atoms with Gasteiger partial charge in [0.1, 0.15) is 6.04 Å². The first kappa shape index (κ1) is 23.1. The van der Waals surface area contributed by atoms with E-state index in [0.29, 0.717) is 16.8 Å².